The number of carbonyl (C=O) groups is 1. The molecule has 0 amide bonds. The van der Waals surface area contributed by atoms with Crippen LogP contribution in [0.1, 0.15) is 35.2 Å². The number of hydrogen-bond acceptors (Lipinski definition) is 2. The van der Waals surface area contributed by atoms with Gasteiger partial charge in [-0.25, -0.2) is 4.79 Å². The SMILES string of the molecule is NC1(c2ccc(-c3cc4c(C(=O)O)c[nH]c4cc3Cl)cc2)CCC1. The average Bonchev–Trinajstić information content (AvgIpc) is 2.95. The second kappa shape index (κ2) is 5.36. The topological polar surface area (TPSA) is 79.1 Å². The Kier molecular flexibility index (Phi) is 3.41. The minimum absolute atomic E-state index is 0.191. The maximum atomic E-state index is 11.3. The first-order chi connectivity index (χ1) is 11.5. The molecular weight excluding hydrogens is 324 g/mol. The number of hydrogen-bond donors (Lipinski definition) is 3. The Bertz CT molecular complexity index is 940. The van der Waals surface area contributed by atoms with E-state index in [0.717, 1.165) is 29.5 Å². The standard InChI is InChI=1S/C19H17ClN2O2/c20-16-9-17-14(15(10-22-17)18(23)24)8-13(16)11-2-4-12(5-3-11)19(21)6-1-7-19/h2-5,8-10,22H,1,6-7,21H2,(H,23,24). The molecule has 0 saturated heterocycles. The lowest BCUT2D eigenvalue weighted by Gasteiger charge is -2.38. The number of aromatic nitrogens is 1. The molecule has 1 saturated carbocycles. The number of aromatic carboxylic acids is 1. The average molecular weight is 341 g/mol. The maximum Gasteiger partial charge on any atom is 0.337 e. The molecule has 1 fully saturated rings. The third-order valence-electron chi connectivity index (χ3n) is 5.02. The van der Waals surface area contributed by atoms with Crippen molar-refractivity contribution in [2.75, 3.05) is 0 Å². The van der Waals surface area contributed by atoms with Crippen LogP contribution in [0.5, 0.6) is 0 Å². The van der Waals surface area contributed by atoms with E-state index in [2.05, 4.69) is 4.98 Å². The normalized spacial score (nSPS) is 16.1. The third kappa shape index (κ3) is 2.30. The van der Waals surface area contributed by atoms with Crippen LogP contribution in [-0.4, -0.2) is 16.1 Å². The Morgan fingerprint density at radius 1 is 1.21 bits per heavy atom. The van der Waals surface area contributed by atoms with Gasteiger partial charge < -0.3 is 15.8 Å². The maximum absolute atomic E-state index is 11.3. The lowest BCUT2D eigenvalue weighted by molar-refractivity contribution is 0.0699. The molecule has 4 rings (SSSR count). The van der Waals surface area contributed by atoms with E-state index in [9.17, 15) is 9.90 Å². The molecule has 0 aliphatic heterocycles. The van der Waals surface area contributed by atoms with E-state index in [1.54, 1.807) is 6.07 Å². The highest BCUT2D eigenvalue weighted by atomic mass is 35.5. The number of fused-ring (bicyclic) bond motifs is 1. The van der Waals surface area contributed by atoms with Crippen molar-refractivity contribution in [1.82, 2.24) is 4.98 Å². The number of halogens is 1. The van der Waals surface area contributed by atoms with Gasteiger partial charge in [0, 0.05) is 28.2 Å². The zero-order chi connectivity index (χ0) is 16.9. The van der Waals surface area contributed by atoms with Crippen molar-refractivity contribution in [3.05, 3.63) is 58.7 Å². The molecule has 0 radical (unpaired) electrons. The number of H-pyrrole nitrogens is 1. The van der Waals surface area contributed by atoms with Crippen LogP contribution < -0.4 is 5.73 Å². The third-order valence-corrected chi connectivity index (χ3v) is 5.33. The van der Waals surface area contributed by atoms with Crippen LogP contribution in [0.25, 0.3) is 22.0 Å². The summed E-state index contributed by atoms with van der Waals surface area (Å²) in [5.74, 6) is -0.958. The number of aromatic amines is 1. The molecule has 2 aromatic carbocycles. The predicted molar refractivity (Wildman–Crippen MR) is 95.4 cm³/mol. The van der Waals surface area contributed by atoms with Gasteiger partial charge in [0.15, 0.2) is 0 Å². The molecule has 5 heteroatoms. The van der Waals surface area contributed by atoms with E-state index in [1.165, 1.54) is 12.6 Å². The molecule has 3 aromatic rings. The van der Waals surface area contributed by atoms with Crippen LogP contribution >= 0.6 is 11.6 Å². The zero-order valence-corrected chi connectivity index (χ0v) is 13.7. The fraction of sp³-hybridized carbons (Fsp3) is 0.211. The second-order valence-electron chi connectivity index (χ2n) is 6.47. The van der Waals surface area contributed by atoms with E-state index in [0.29, 0.717) is 15.9 Å². The number of benzene rings is 2. The number of carboxylic acid groups (broad SMARTS) is 1. The molecule has 24 heavy (non-hydrogen) atoms. The lowest BCUT2D eigenvalue weighted by atomic mass is 9.72. The fourth-order valence-electron chi connectivity index (χ4n) is 3.37. The zero-order valence-electron chi connectivity index (χ0n) is 13.0. The minimum atomic E-state index is -0.958. The smallest absolute Gasteiger partial charge is 0.337 e. The van der Waals surface area contributed by atoms with Crippen LogP contribution in [-0.2, 0) is 5.54 Å². The molecule has 0 spiro atoms. The fourth-order valence-corrected chi connectivity index (χ4v) is 3.64. The molecule has 122 valence electrons. The number of rotatable bonds is 3. The van der Waals surface area contributed by atoms with Crippen LogP contribution in [0.15, 0.2) is 42.6 Å². The molecule has 0 unspecified atom stereocenters. The van der Waals surface area contributed by atoms with Crippen molar-refractivity contribution in [3.63, 3.8) is 0 Å². The second-order valence-corrected chi connectivity index (χ2v) is 6.88. The summed E-state index contributed by atoms with van der Waals surface area (Å²) in [7, 11) is 0. The van der Waals surface area contributed by atoms with Gasteiger partial charge in [-0.15, -0.1) is 0 Å². The Morgan fingerprint density at radius 3 is 2.50 bits per heavy atom. The van der Waals surface area contributed by atoms with E-state index < -0.39 is 5.97 Å². The number of carboxylic acids is 1. The first kappa shape index (κ1) is 15.2. The minimum Gasteiger partial charge on any atom is -0.478 e. The number of nitrogens with two attached hydrogens (primary N) is 1. The van der Waals surface area contributed by atoms with Crippen molar-refractivity contribution in [2.24, 2.45) is 5.73 Å². The predicted octanol–water partition coefficient (Wildman–Crippen LogP) is 4.52. The van der Waals surface area contributed by atoms with Crippen molar-refractivity contribution < 1.29 is 9.90 Å². The van der Waals surface area contributed by atoms with Gasteiger partial charge in [0.2, 0.25) is 0 Å². The van der Waals surface area contributed by atoms with Crippen LogP contribution in [0.2, 0.25) is 5.02 Å². The van der Waals surface area contributed by atoms with Crippen molar-refractivity contribution in [2.45, 2.75) is 24.8 Å². The van der Waals surface area contributed by atoms with E-state index in [4.69, 9.17) is 17.3 Å². The quantitative estimate of drug-likeness (QED) is 0.655. The highest BCUT2D eigenvalue weighted by molar-refractivity contribution is 6.34. The Hall–Kier alpha value is -2.30. The molecule has 1 heterocycles. The van der Waals surface area contributed by atoms with Gasteiger partial charge in [-0.1, -0.05) is 35.9 Å². The van der Waals surface area contributed by atoms with E-state index in [1.807, 2.05) is 30.3 Å². The first-order valence-electron chi connectivity index (χ1n) is 7.92. The summed E-state index contributed by atoms with van der Waals surface area (Å²) in [4.78, 5) is 14.3. The molecular formula is C19H17ClN2O2. The molecule has 0 atom stereocenters. The molecule has 1 aromatic heterocycles. The Balaban J connectivity index is 1.79. The molecule has 0 bridgehead atoms. The van der Waals surface area contributed by atoms with Gasteiger partial charge in [-0.05, 0) is 42.5 Å². The summed E-state index contributed by atoms with van der Waals surface area (Å²) in [6, 6.07) is 11.7. The van der Waals surface area contributed by atoms with Gasteiger partial charge in [0.1, 0.15) is 0 Å². The van der Waals surface area contributed by atoms with E-state index >= 15 is 0 Å². The monoisotopic (exact) mass is 340 g/mol. The van der Waals surface area contributed by atoms with E-state index in [-0.39, 0.29) is 11.1 Å². The van der Waals surface area contributed by atoms with Gasteiger partial charge in [0.05, 0.1) is 10.6 Å². The molecule has 1 aliphatic carbocycles. The van der Waals surface area contributed by atoms with Gasteiger partial charge in [-0.2, -0.15) is 0 Å². The summed E-state index contributed by atoms with van der Waals surface area (Å²) in [6.45, 7) is 0. The molecule has 4 nitrogen and oxygen atoms in total. The lowest BCUT2D eigenvalue weighted by Crippen LogP contribution is -2.43. The van der Waals surface area contributed by atoms with Crippen LogP contribution in [0.3, 0.4) is 0 Å². The number of nitrogens with one attached hydrogen (secondary N) is 1. The summed E-state index contributed by atoms with van der Waals surface area (Å²) >= 11 is 6.40. The summed E-state index contributed by atoms with van der Waals surface area (Å²) < 4.78 is 0. The Labute approximate surface area is 144 Å². The van der Waals surface area contributed by atoms with Crippen molar-refractivity contribution in [3.8, 4) is 11.1 Å². The van der Waals surface area contributed by atoms with Crippen LogP contribution in [0, 0.1) is 0 Å². The van der Waals surface area contributed by atoms with Gasteiger partial charge in [-0.3, -0.25) is 0 Å². The highest BCUT2D eigenvalue weighted by Gasteiger charge is 2.34. The summed E-state index contributed by atoms with van der Waals surface area (Å²) in [5, 5.41) is 10.5. The van der Waals surface area contributed by atoms with Crippen LogP contribution in [0.4, 0.5) is 0 Å². The van der Waals surface area contributed by atoms with Crippen molar-refractivity contribution >= 4 is 28.5 Å². The largest absolute Gasteiger partial charge is 0.478 e. The van der Waals surface area contributed by atoms with Gasteiger partial charge >= 0.3 is 5.97 Å². The van der Waals surface area contributed by atoms with Crippen molar-refractivity contribution in [1.29, 1.82) is 0 Å². The summed E-state index contributed by atoms with van der Waals surface area (Å²) in [6.07, 6.45) is 4.70. The van der Waals surface area contributed by atoms with Gasteiger partial charge in [0.25, 0.3) is 0 Å². The molecule has 1 aliphatic rings. The first-order valence-corrected chi connectivity index (χ1v) is 8.29. The molecule has 4 N–H and O–H groups in total. The highest BCUT2D eigenvalue weighted by Crippen LogP contribution is 2.40. The summed E-state index contributed by atoms with van der Waals surface area (Å²) in [5.41, 5.74) is 10.0. The Morgan fingerprint density at radius 2 is 1.92 bits per heavy atom.